The lowest BCUT2D eigenvalue weighted by molar-refractivity contribution is -0.141. The van der Waals surface area contributed by atoms with Crippen molar-refractivity contribution in [2.75, 3.05) is 24.2 Å². The van der Waals surface area contributed by atoms with Crippen molar-refractivity contribution in [2.24, 2.45) is 5.41 Å². The third-order valence-corrected chi connectivity index (χ3v) is 3.17. The van der Waals surface area contributed by atoms with Gasteiger partial charge in [-0.05, 0) is 18.9 Å². The Labute approximate surface area is 102 Å². The van der Waals surface area contributed by atoms with E-state index in [0.29, 0.717) is 6.54 Å². The summed E-state index contributed by atoms with van der Waals surface area (Å²) in [7, 11) is 0. The van der Waals surface area contributed by atoms with Crippen molar-refractivity contribution in [3.05, 3.63) is 18.0 Å². The number of aromatic nitrogens is 1. The number of aliphatic hydroxyl groups is 1. The summed E-state index contributed by atoms with van der Waals surface area (Å²) in [6.45, 7) is 0.437. The van der Waals surface area contributed by atoms with E-state index in [1.807, 2.05) is 0 Å². The molecule has 100 valence electrons. The summed E-state index contributed by atoms with van der Waals surface area (Å²) in [6.07, 6.45) is -1.76. The van der Waals surface area contributed by atoms with Gasteiger partial charge in [0.2, 0.25) is 0 Å². The van der Waals surface area contributed by atoms with Gasteiger partial charge in [0.25, 0.3) is 0 Å². The molecule has 0 bridgehead atoms. The zero-order valence-corrected chi connectivity index (χ0v) is 9.59. The molecule has 1 fully saturated rings. The van der Waals surface area contributed by atoms with E-state index in [-0.39, 0.29) is 23.4 Å². The van der Waals surface area contributed by atoms with Gasteiger partial charge in [-0.25, -0.2) is 4.98 Å². The maximum atomic E-state index is 12.5. The van der Waals surface area contributed by atoms with Gasteiger partial charge in [-0.1, -0.05) is 0 Å². The minimum absolute atomic E-state index is 0.0249. The van der Waals surface area contributed by atoms with Crippen molar-refractivity contribution in [3.63, 3.8) is 0 Å². The third kappa shape index (κ3) is 2.66. The predicted octanol–water partition coefficient (Wildman–Crippen LogP) is 1.87. The quantitative estimate of drug-likeness (QED) is 0.773. The minimum atomic E-state index is -4.49. The van der Waals surface area contributed by atoms with Crippen LogP contribution in [0.25, 0.3) is 0 Å². The molecule has 1 heterocycles. The zero-order chi connectivity index (χ0) is 13.4. The van der Waals surface area contributed by atoms with Crippen molar-refractivity contribution in [3.8, 4) is 0 Å². The van der Waals surface area contributed by atoms with Gasteiger partial charge in [-0.15, -0.1) is 0 Å². The van der Waals surface area contributed by atoms with Gasteiger partial charge >= 0.3 is 6.18 Å². The topological polar surface area (TPSA) is 71.2 Å². The highest BCUT2D eigenvalue weighted by atomic mass is 19.4. The van der Waals surface area contributed by atoms with Crippen LogP contribution in [-0.4, -0.2) is 23.2 Å². The van der Waals surface area contributed by atoms with Crippen LogP contribution in [0.5, 0.6) is 0 Å². The second-order valence-corrected chi connectivity index (χ2v) is 4.67. The highest BCUT2D eigenvalue weighted by Gasteiger charge is 2.42. The molecule has 18 heavy (non-hydrogen) atoms. The Morgan fingerprint density at radius 2 is 2.11 bits per heavy atom. The molecule has 0 spiro atoms. The number of pyridine rings is 1. The molecule has 0 saturated heterocycles. The highest BCUT2D eigenvalue weighted by molar-refractivity contribution is 5.65. The molecule has 0 amide bonds. The molecule has 4 nitrogen and oxygen atoms in total. The summed E-state index contributed by atoms with van der Waals surface area (Å²) in [4.78, 5) is 3.25. The molecule has 0 unspecified atom stereocenters. The Kier molecular flexibility index (Phi) is 3.10. The number of halogens is 3. The van der Waals surface area contributed by atoms with Gasteiger partial charge in [-0.2, -0.15) is 13.2 Å². The summed E-state index contributed by atoms with van der Waals surface area (Å²) in [5.41, 5.74) is 4.76. The largest absolute Gasteiger partial charge is 0.433 e. The summed E-state index contributed by atoms with van der Waals surface area (Å²) >= 11 is 0. The monoisotopic (exact) mass is 261 g/mol. The Bertz CT molecular complexity index is 444. The normalized spacial score (nSPS) is 17.6. The van der Waals surface area contributed by atoms with Crippen molar-refractivity contribution in [2.45, 2.75) is 19.0 Å². The van der Waals surface area contributed by atoms with Gasteiger partial charge in [0.05, 0.1) is 24.2 Å². The number of hydrogen-bond donors (Lipinski definition) is 3. The second-order valence-electron chi connectivity index (χ2n) is 4.67. The molecule has 1 aromatic heterocycles. The number of nitrogens with zero attached hydrogens (tertiary/aromatic N) is 1. The third-order valence-electron chi connectivity index (χ3n) is 3.17. The van der Waals surface area contributed by atoms with Crippen LogP contribution in [0.15, 0.2) is 12.3 Å². The van der Waals surface area contributed by atoms with Crippen LogP contribution in [0.2, 0.25) is 0 Å². The van der Waals surface area contributed by atoms with Crippen molar-refractivity contribution >= 4 is 11.4 Å². The maximum Gasteiger partial charge on any atom is 0.433 e. The smallest absolute Gasteiger partial charge is 0.396 e. The second kappa shape index (κ2) is 4.31. The van der Waals surface area contributed by atoms with Gasteiger partial charge in [0, 0.05) is 12.0 Å². The fourth-order valence-electron chi connectivity index (χ4n) is 1.62. The predicted molar refractivity (Wildman–Crippen MR) is 60.9 cm³/mol. The average molecular weight is 261 g/mol. The van der Waals surface area contributed by atoms with Crippen molar-refractivity contribution < 1.29 is 18.3 Å². The average Bonchev–Trinajstić information content (AvgIpc) is 3.07. The van der Waals surface area contributed by atoms with E-state index >= 15 is 0 Å². The number of nitrogens with one attached hydrogen (secondary N) is 1. The Hall–Kier alpha value is -1.50. The van der Waals surface area contributed by atoms with Crippen LogP contribution >= 0.6 is 0 Å². The molecular formula is C11H14F3N3O. The van der Waals surface area contributed by atoms with Gasteiger partial charge in [-0.3, -0.25) is 0 Å². The van der Waals surface area contributed by atoms with E-state index < -0.39 is 11.9 Å². The van der Waals surface area contributed by atoms with Gasteiger partial charge in [0.15, 0.2) is 0 Å². The molecule has 1 saturated carbocycles. The molecule has 0 atom stereocenters. The van der Waals surface area contributed by atoms with E-state index in [2.05, 4.69) is 10.3 Å². The summed E-state index contributed by atoms with van der Waals surface area (Å²) < 4.78 is 37.4. The number of rotatable bonds is 4. The molecule has 0 aliphatic heterocycles. The lowest BCUT2D eigenvalue weighted by atomic mass is 10.1. The van der Waals surface area contributed by atoms with E-state index in [1.54, 1.807) is 0 Å². The van der Waals surface area contributed by atoms with E-state index in [1.165, 1.54) is 0 Å². The number of nitrogens with two attached hydrogens (primary N) is 1. The van der Waals surface area contributed by atoms with Gasteiger partial charge in [0.1, 0.15) is 5.69 Å². The molecule has 4 N–H and O–H groups in total. The number of hydrogen-bond acceptors (Lipinski definition) is 4. The number of alkyl halides is 3. The number of anilines is 2. The lowest BCUT2D eigenvalue weighted by Gasteiger charge is -2.16. The summed E-state index contributed by atoms with van der Waals surface area (Å²) in [5.74, 6) is 0. The molecule has 0 radical (unpaired) electrons. The molecule has 1 aliphatic rings. The fraction of sp³-hybridized carbons (Fsp3) is 0.545. The van der Waals surface area contributed by atoms with Gasteiger partial charge < -0.3 is 16.2 Å². The molecular weight excluding hydrogens is 247 g/mol. The molecule has 1 aliphatic carbocycles. The molecule has 1 aromatic rings. The van der Waals surface area contributed by atoms with Crippen molar-refractivity contribution in [1.29, 1.82) is 0 Å². The van der Waals surface area contributed by atoms with Crippen LogP contribution in [0.1, 0.15) is 18.5 Å². The zero-order valence-electron chi connectivity index (χ0n) is 9.59. The maximum absolute atomic E-state index is 12.5. The fourth-order valence-corrected chi connectivity index (χ4v) is 1.62. The first-order chi connectivity index (χ1) is 8.36. The Morgan fingerprint density at radius 1 is 1.44 bits per heavy atom. The minimum Gasteiger partial charge on any atom is -0.396 e. The van der Waals surface area contributed by atoms with Crippen LogP contribution in [0, 0.1) is 5.41 Å². The highest BCUT2D eigenvalue weighted by Crippen LogP contribution is 2.45. The summed E-state index contributed by atoms with van der Waals surface area (Å²) in [5, 5.41) is 12.0. The Balaban J connectivity index is 2.12. The van der Waals surface area contributed by atoms with E-state index in [0.717, 1.165) is 25.1 Å². The lowest BCUT2D eigenvalue weighted by Crippen LogP contribution is -2.20. The Morgan fingerprint density at radius 3 is 2.61 bits per heavy atom. The SMILES string of the molecule is Nc1cnc(C(F)(F)F)cc1NCC1(CO)CC1. The van der Waals surface area contributed by atoms with Crippen LogP contribution in [0.4, 0.5) is 24.5 Å². The first-order valence-corrected chi connectivity index (χ1v) is 5.54. The van der Waals surface area contributed by atoms with E-state index in [4.69, 9.17) is 10.8 Å². The van der Waals surface area contributed by atoms with Crippen LogP contribution < -0.4 is 11.1 Å². The molecule has 7 heteroatoms. The molecule has 2 rings (SSSR count). The van der Waals surface area contributed by atoms with Crippen LogP contribution in [0.3, 0.4) is 0 Å². The van der Waals surface area contributed by atoms with E-state index in [9.17, 15) is 13.2 Å². The number of nitrogen functional groups attached to an aromatic ring is 1. The summed E-state index contributed by atoms with van der Waals surface area (Å²) in [6, 6.07) is 0.892. The first kappa shape index (κ1) is 12.9. The molecule has 0 aromatic carbocycles. The van der Waals surface area contributed by atoms with Crippen molar-refractivity contribution in [1.82, 2.24) is 4.98 Å². The first-order valence-electron chi connectivity index (χ1n) is 5.54. The standard InChI is InChI=1S/C11H14F3N3O/c12-11(13,14)9-3-8(7(15)4-16-9)17-5-10(6-18)1-2-10/h3-4,18H,1-2,5-6,15H2,(H,16,17). The van der Waals surface area contributed by atoms with Crippen LogP contribution in [-0.2, 0) is 6.18 Å². The number of aliphatic hydroxyl groups excluding tert-OH is 1.